The molecule has 0 radical (unpaired) electrons. The number of alkyl halides is 2. The molecule has 1 aromatic carbocycles. The number of carbonyl (C=O) groups is 1. The third-order valence-electron chi connectivity index (χ3n) is 3.47. The first-order valence-corrected chi connectivity index (χ1v) is 6.54. The molecule has 1 aliphatic rings. The van der Waals surface area contributed by atoms with Gasteiger partial charge in [0.15, 0.2) is 0 Å². The van der Waals surface area contributed by atoms with Crippen molar-refractivity contribution in [3.05, 3.63) is 35.4 Å². The van der Waals surface area contributed by atoms with E-state index in [2.05, 4.69) is 11.8 Å². The van der Waals surface area contributed by atoms with E-state index in [4.69, 9.17) is 0 Å². The standard InChI is InChI=1S/C16H16F2O/c17-16(18)10-4-2-1-3-5-15(16)11-13-6-8-14(12-19)9-7-13/h6-9,12,15H,1-3,5,11H2. The van der Waals surface area contributed by atoms with Gasteiger partial charge < -0.3 is 0 Å². The van der Waals surface area contributed by atoms with Gasteiger partial charge in [-0.3, -0.25) is 4.79 Å². The zero-order chi connectivity index (χ0) is 13.7. The van der Waals surface area contributed by atoms with Crippen LogP contribution in [0.3, 0.4) is 0 Å². The van der Waals surface area contributed by atoms with Gasteiger partial charge in [0.2, 0.25) is 0 Å². The van der Waals surface area contributed by atoms with Gasteiger partial charge in [0.1, 0.15) is 6.29 Å². The van der Waals surface area contributed by atoms with E-state index in [0.717, 1.165) is 24.7 Å². The van der Waals surface area contributed by atoms with Crippen molar-refractivity contribution in [3.63, 3.8) is 0 Å². The van der Waals surface area contributed by atoms with Crippen molar-refractivity contribution < 1.29 is 13.6 Å². The Kier molecular flexibility index (Phi) is 4.31. The summed E-state index contributed by atoms with van der Waals surface area (Å²) in [5, 5.41) is 0. The summed E-state index contributed by atoms with van der Waals surface area (Å²) in [6, 6.07) is 6.81. The molecule has 0 fully saturated rings. The van der Waals surface area contributed by atoms with Crippen LogP contribution in [-0.2, 0) is 6.42 Å². The van der Waals surface area contributed by atoms with Crippen LogP contribution in [0.15, 0.2) is 24.3 Å². The quantitative estimate of drug-likeness (QED) is 0.597. The van der Waals surface area contributed by atoms with Crippen LogP contribution in [0.2, 0.25) is 0 Å². The number of aldehydes is 1. The number of rotatable bonds is 3. The smallest absolute Gasteiger partial charge is 0.298 e. The first-order valence-electron chi connectivity index (χ1n) is 6.54. The number of hydrogen-bond donors (Lipinski definition) is 0. The SMILES string of the molecule is O=Cc1ccc(CC2CCCCC#CC2(F)F)cc1. The van der Waals surface area contributed by atoms with Crippen molar-refractivity contribution in [1.82, 2.24) is 0 Å². The van der Waals surface area contributed by atoms with Crippen LogP contribution in [0.25, 0.3) is 0 Å². The predicted octanol–water partition coefficient (Wildman–Crippen LogP) is 3.87. The Balaban J connectivity index is 2.13. The second-order valence-corrected chi connectivity index (χ2v) is 4.93. The molecule has 0 spiro atoms. The van der Waals surface area contributed by atoms with Gasteiger partial charge >= 0.3 is 5.92 Å². The lowest BCUT2D eigenvalue weighted by atomic mass is 9.87. The van der Waals surface area contributed by atoms with Crippen LogP contribution in [-0.4, -0.2) is 12.2 Å². The first-order chi connectivity index (χ1) is 9.12. The van der Waals surface area contributed by atoms with Crippen LogP contribution >= 0.6 is 0 Å². The predicted molar refractivity (Wildman–Crippen MR) is 70.2 cm³/mol. The molecule has 1 nitrogen and oxygen atoms in total. The van der Waals surface area contributed by atoms with E-state index in [1.54, 1.807) is 24.3 Å². The monoisotopic (exact) mass is 262 g/mol. The Hall–Kier alpha value is -1.69. The Bertz CT molecular complexity index is 494. The molecule has 0 heterocycles. The highest BCUT2D eigenvalue weighted by atomic mass is 19.3. The highest BCUT2D eigenvalue weighted by Crippen LogP contribution is 2.32. The minimum Gasteiger partial charge on any atom is -0.298 e. The van der Waals surface area contributed by atoms with Gasteiger partial charge in [-0.15, -0.1) is 0 Å². The van der Waals surface area contributed by atoms with Gasteiger partial charge in [-0.05, 0) is 30.7 Å². The Morgan fingerprint density at radius 1 is 1.26 bits per heavy atom. The normalized spacial score (nSPS) is 21.7. The van der Waals surface area contributed by atoms with E-state index < -0.39 is 11.8 Å². The molecule has 0 aromatic heterocycles. The highest BCUT2D eigenvalue weighted by molar-refractivity contribution is 5.74. The molecule has 1 unspecified atom stereocenters. The van der Waals surface area contributed by atoms with Crippen molar-refractivity contribution in [2.24, 2.45) is 5.92 Å². The van der Waals surface area contributed by atoms with E-state index in [9.17, 15) is 13.6 Å². The number of carbonyl (C=O) groups excluding carboxylic acids is 1. The molecule has 0 N–H and O–H groups in total. The minimum absolute atomic E-state index is 0.306. The zero-order valence-corrected chi connectivity index (χ0v) is 10.7. The largest absolute Gasteiger partial charge is 0.311 e. The van der Waals surface area contributed by atoms with Crippen molar-refractivity contribution in [2.45, 2.75) is 38.0 Å². The van der Waals surface area contributed by atoms with Crippen LogP contribution < -0.4 is 0 Å². The second-order valence-electron chi connectivity index (χ2n) is 4.93. The van der Waals surface area contributed by atoms with Crippen molar-refractivity contribution >= 4 is 6.29 Å². The van der Waals surface area contributed by atoms with E-state index >= 15 is 0 Å². The van der Waals surface area contributed by atoms with Crippen molar-refractivity contribution in [1.29, 1.82) is 0 Å². The first kappa shape index (κ1) is 13.7. The molecule has 0 bridgehead atoms. The summed E-state index contributed by atoms with van der Waals surface area (Å²) < 4.78 is 27.8. The van der Waals surface area contributed by atoms with E-state index in [0.29, 0.717) is 24.8 Å². The fraction of sp³-hybridized carbons (Fsp3) is 0.438. The summed E-state index contributed by atoms with van der Waals surface area (Å²) in [5.74, 6) is 1.03. The Morgan fingerprint density at radius 2 is 2.00 bits per heavy atom. The number of hydrogen-bond acceptors (Lipinski definition) is 1. The number of benzene rings is 1. The third-order valence-corrected chi connectivity index (χ3v) is 3.47. The molecule has 0 aliphatic heterocycles. The van der Waals surface area contributed by atoms with Gasteiger partial charge in [-0.1, -0.05) is 36.6 Å². The van der Waals surface area contributed by atoms with Crippen molar-refractivity contribution in [3.8, 4) is 11.8 Å². The summed E-state index contributed by atoms with van der Waals surface area (Å²) in [6.45, 7) is 0. The summed E-state index contributed by atoms with van der Waals surface area (Å²) in [5.41, 5.74) is 1.39. The lowest BCUT2D eigenvalue weighted by Gasteiger charge is -2.24. The maximum Gasteiger partial charge on any atom is 0.311 e. The maximum absolute atomic E-state index is 13.9. The van der Waals surface area contributed by atoms with Crippen LogP contribution in [0.4, 0.5) is 8.78 Å². The molecule has 0 amide bonds. The summed E-state index contributed by atoms with van der Waals surface area (Å²) in [4.78, 5) is 10.6. The van der Waals surface area contributed by atoms with Crippen LogP contribution in [0.1, 0.15) is 41.6 Å². The molecule has 3 heteroatoms. The van der Waals surface area contributed by atoms with E-state index in [-0.39, 0.29) is 0 Å². The van der Waals surface area contributed by atoms with Crippen LogP contribution in [0.5, 0.6) is 0 Å². The molecule has 1 aliphatic carbocycles. The molecule has 19 heavy (non-hydrogen) atoms. The third kappa shape index (κ3) is 3.64. The van der Waals surface area contributed by atoms with Crippen LogP contribution in [0, 0.1) is 17.8 Å². The Morgan fingerprint density at radius 3 is 2.68 bits per heavy atom. The summed E-state index contributed by atoms with van der Waals surface area (Å²) in [7, 11) is 0. The summed E-state index contributed by atoms with van der Waals surface area (Å²) >= 11 is 0. The fourth-order valence-corrected chi connectivity index (χ4v) is 2.31. The Labute approximate surface area is 112 Å². The highest BCUT2D eigenvalue weighted by Gasteiger charge is 2.37. The van der Waals surface area contributed by atoms with E-state index in [1.165, 1.54) is 0 Å². The molecule has 100 valence electrons. The number of halogens is 2. The van der Waals surface area contributed by atoms with Gasteiger partial charge in [0.25, 0.3) is 0 Å². The molecule has 2 rings (SSSR count). The molecule has 0 saturated heterocycles. The van der Waals surface area contributed by atoms with Gasteiger partial charge in [-0.2, -0.15) is 8.78 Å². The summed E-state index contributed by atoms with van der Waals surface area (Å²) in [6.07, 6.45) is 3.80. The maximum atomic E-state index is 13.9. The minimum atomic E-state index is -2.91. The van der Waals surface area contributed by atoms with Gasteiger partial charge in [0.05, 0.1) is 0 Å². The molecular formula is C16H16F2O. The second kappa shape index (κ2) is 5.97. The van der Waals surface area contributed by atoms with E-state index in [1.807, 2.05) is 0 Å². The van der Waals surface area contributed by atoms with Gasteiger partial charge in [0, 0.05) is 17.9 Å². The lowest BCUT2D eigenvalue weighted by Crippen LogP contribution is -2.29. The average molecular weight is 262 g/mol. The van der Waals surface area contributed by atoms with Crippen molar-refractivity contribution in [2.75, 3.05) is 0 Å². The molecule has 1 atom stereocenters. The molecule has 0 saturated carbocycles. The van der Waals surface area contributed by atoms with Gasteiger partial charge in [-0.25, -0.2) is 0 Å². The topological polar surface area (TPSA) is 17.1 Å². The molecular weight excluding hydrogens is 246 g/mol. The molecule has 1 aromatic rings. The lowest BCUT2D eigenvalue weighted by molar-refractivity contribution is -0.00442. The fourth-order valence-electron chi connectivity index (χ4n) is 2.31. The zero-order valence-electron chi connectivity index (χ0n) is 10.7. The average Bonchev–Trinajstić information content (AvgIpc) is 2.40.